The van der Waals surface area contributed by atoms with Gasteiger partial charge in [-0.05, 0) is 24.6 Å². The summed E-state index contributed by atoms with van der Waals surface area (Å²) in [6.07, 6.45) is 1.82. The third kappa shape index (κ3) is 3.74. The fraction of sp³-hybridized carbons (Fsp3) is 0.278. The van der Waals surface area contributed by atoms with Crippen molar-refractivity contribution >= 4 is 16.7 Å². The predicted molar refractivity (Wildman–Crippen MR) is 94.9 cm³/mol. The number of aromatic nitrogens is 3. The van der Waals surface area contributed by atoms with Crippen LogP contribution in [-0.2, 0) is 0 Å². The van der Waals surface area contributed by atoms with E-state index in [4.69, 9.17) is 0 Å². The first kappa shape index (κ1) is 15.6. The number of pyridine rings is 1. The summed E-state index contributed by atoms with van der Waals surface area (Å²) in [5, 5.41) is 4.32. The Kier molecular flexibility index (Phi) is 4.67. The fourth-order valence-corrected chi connectivity index (χ4v) is 3.11. The minimum Gasteiger partial charge on any atom is -0.348 e. The van der Waals surface area contributed by atoms with Crippen LogP contribution >= 0.6 is 11.5 Å². The lowest BCUT2D eigenvalue weighted by atomic mass is 10.0. The Morgan fingerprint density at radius 2 is 1.96 bits per heavy atom. The molecule has 0 fully saturated rings. The Balaban J connectivity index is 1.95. The number of anilines is 1. The van der Waals surface area contributed by atoms with Gasteiger partial charge in [0, 0.05) is 23.6 Å². The van der Waals surface area contributed by atoms with E-state index in [9.17, 15) is 0 Å². The van der Waals surface area contributed by atoms with Crippen molar-refractivity contribution in [2.75, 3.05) is 5.32 Å². The topological polar surface area (TPSA) is 50.7 Å². The molecule has 0 radical (unpaired) electrons. The average Bonchev–Trinajstić information content (AvgIpc) is 3.02. The Hall–Kier alpha value is -2.27. The molecular formula is C18H20N4S. The van der Waals surface area contributed by atoms with Crippen molar-refractivity contribution in [3.05, 3.63) is 71.3 Å². The quantitative estimate of drug-likeness (QED) is 0.747. The van der Waals surface area contributed by atoms with Gasteiger partial charge in [-0.2, -0.15) is 4.37 Å². The summed E-state index contributed by atoms with van der Waals surface area (Å²) in [4.78, 5) is 9.11. The molecule has 0 saturated heterocycles. The van der Waals surface area contributed by atoms with E-state index in [1.54, 1.807) is 0 Å². The van der Waals surface area contributed by atoms with Crippen molar-refractivity contribution in [3.8, 4) is 0 Å². The lowest BCUT2D eigenvalue weighted by molar-refractivity contribution is 0.795. The molecule has 5 heteroatoms. The molecule has 3 aromatic rings. The summed E-state index contributed by atoms with van der Waals surface area (Å²) in [5.74, 6) is 1.20. The smallest absolute Gasteiger partial charge is 0.203 e. The molecule has 2 aromatic heterocycles. The molecule has 1 unspecified atom stereocenters. The third-order valence-corrected chi connectivity index (χ3v) is 4.25. The zero-order valence-electron chi connectivity index (χ0n) is 13.5. The van der Waals surface area contributed by atoms with Gasteiger partial charge in [0.1, 0.15) is 5.82 Å². The normalized spacial score (nSPS) is 12.3. The Labute approximate surface area is 140 Å². The number of hydrogen-bond acceptors (Lipinski definition) is 5. The highest BCUT2D eigenvalue weighted by Gasteiger charge is 2.18. The van der Waals surface area contributed by atoms with Gasteiger partial charge in [0.2, 0.25) is 5.13 Å². The van der Waals surface area contributed by atoms with Gasteiger partial charge in [-0.1, -0.05) is 49.7 Å². The second-order valence-corrected chi connectivity index (χ2v) is 6.61. The van der Waals surface area contributed by atoms with E-state index in [2.05, 4.69) is 64.7 Å². The zero-order chi connectivity index (χ0) is 16.2. The van der Waals surface area contributed by atoms with Gasteiger partial charge in [0.15, 0.2) is 0 Å². The second kappa shape index (κ2) is 6.87. The molecule has 2 heterocycles. The number of nitrogens with one attached hydrogen (secondary N) is 1. The Morgan fingerprint density at radius 3 is 2.61 bits per heavy atom. The molecule has 1 N–H and O–H groups in total. The zero-order valence-corrected chi connectivity index (χ0v) is 14.3. The molecule has 23 heavy (non-hydrogen) atoms. The molecule has 0 aliphatic carbocycles. The van der Waals surface area contributed by atoms with Crippen LogP contribution in [0.3, 0.4) is 0 Å². The average molecular weight is 324 g/mol. The first-order valence-electron chi connectivity index (χ1n) is 7.71. The molecular weight excluding hydrogens is 304 g/mol. The molecule has 0 bridgehead atoms. The Bertz CT molecular complexity index is 767. The third-order valence-electron chi connectivity index (χ3n) is 3.58. The molecule has 118 valence electrons. The van der Waals surface area contributed by atoms with Crippen molar-refractivity contribution in [1.29, 1.82) is 0 Å². The van der Waals surface area contributed by atoms with E-state index in [1.807, 2.05) is 24.4 Å². The minimum absolute atomic E-state index is 0.0379. The first-order valence-corrected chi connectivity index (χ1v) is 8.48. The minimum atomic E-state index is -0.0379. The molecule has 1 atom stereocenters. The first-order chi connectivity index (χ1) is 11.1. The van der Waals surface area contributed by atoms with Crippen LogP contribution in [0, 0.1) is 6.92 Å². The molecule has 3 rings (SSSR count). The van der Waals surface area contributed by atoms with E-state index in [1.165, 1.54) is 22.7 Å². The van der Waals surface area contributed by atoms with Crippen LogP contribution in [0.1, 0.15) is 48.5 Å². The molecule has 0 aliphatic rings. The van der Waals surface area contributed by atoms with Gasteiger partial charge in [0.05, 0.1) is 11.7 Å². The largest absolute Gasteiger partial charge is 0.348 e. The summed E-state index contributed by atoms with van der Waals surface area (Å²) in [7, 11) is 0. The summed E-state index contributed by atoms with van der Waals surface area (Å²) in [6.45, 7) is 6.30. The Morgan fingerprint density at radius 1 is 1.09 bits per heavy atom. The van der Waals surface area contributed by atoms with E-state index >= 15 is 0 Å². The van der Waals surface area contributed by atoms with Crippen LogP contribution in [0.25, 0.3) is 0 Å². The van der Waals surface area contributed by atoms with Crippen LogP contribution in [0.5, 0.6) is 0 Å². The lowest BCUT2D eigenvalue weighted by Crippen LogP contribution is -2.14. The van der Waals surface area contributed by atoms with Crippen LogP contribution in [0.2, 0.25) is 0 Å². The number of nitrogens with zero attached hydrogens (tertiary/aromatic N) is 3. The number of aryl methyl sites for hydroxylation is 1. The molecule has 0 aliphatic heterocycles. The van der Waals surface area contributed by atoms with Crippen molar-refractivity contribution in [2.24, 2.45) is 0 Å². The molecule has 0 saturated carbocycles. The number of rotatable bonds is 5. The van der Waals surface area contributed by atoms with E-state index in [-0.39, 0.29) is 6.04 Å². The SMILES string of the molecule is Cc1cccc(C(Nc2nc(C(C)C)ns2)c2ccccn2)c1. The maximum atomic E-state index is 4.59. The van der Waals surface area contributed by atoms with E-state index in [0.29, 0.717) is 5.92 Å². The van der Waals surface area contributed by atoms with Crippen LogP contribution in [-0.4, -0.2) is 14.3 Å². The van der Waals surface area contributed by atoms with Gasteiger partial charge >= 0.3 is 0 Å². The number of hydrogen-bond donors (Lipinski definition) is 1. The summed E-state index contributed by atoms with van der Waals surface area (Å²) in [6, 6.07) is 14.4. The maximum Gasteiger partial charge on any atom is 0.203 e. The molecule has 0 amide bonds. The number of benzene rings is 1. The van der Waals surface area contributed by atoms with Crippen LogP contribution < -0.4 is 5.32 Å². The maximum absolute atomic E-state index is 4.59. The molecule has 1 aromatic carbocycles. The fourth-order valence-electron chi connectivity index (χ4n) is 2.38. The predicted octanol–water partition coefficient (Wildman–Crippen LogP) is 4.57. The van der Waals surface area contributed by atoms with Crippen molar-refractivity contribution in [2.45, 2.75) is 32.7 Å². The van der Waals surface area contributed by atoms with Gasteiger partial charge in [-0.3, -0.25) is 4.98 Å². The molecule has 0 spiro atoms. The van der Waals surface area contributed by atoms with E-state index in [0.717, 1.165) is 16.6 Å². The monoisotopic (exact) mass is 324 g/mol. The highest BCUT2D eigenvalue weighted by molar-refractivity contribution is 7.09. The van der Waals surface area contributed by atoms with Gasteiger partial charge in [0.25, 0.3) is 0 Å². The van der Waals surface area contributed by atoms with Gasteiger partial charge in [-0.15, -0.1) is 0 Å². The summed E-state index contributed by atoms with van der Waals surface area (Å²) < 4.78 is 4.42. The van der Waals surface area contributed by atoms with E-state index < -0.39 is 0 Å². The lowest BCUT2D eigenvalue weighted by Gasteiger charge is -2.18. The van der Waals surface area contributed by atoms with Crippen molar-refractivity contribution < 1.29 is 0 Å². The van der Waals surface area contributed by atoms with Crippen LogP contribution in [0.15, 0.2) is 48.7 Å². The highest BCUT2D eigenvalue weighted by atomic mass is 32.1. The van der Waals surface area contributed by atoms with Crippen molar-refractivity contribution in [3.63, 3.8) is 0 Å². The second-order valence-electron chi connectivity index (χ2n) is 5.86. The standard InChI is InChI=1S/C18H20N4S/c1-12(2)17-21-18(23-22-17)20-16(15-9-4-5-10-19-15)14-8-6-7-13(3)11-14/h4-12,16H,1-3H3,(H,20,21,22). The summed E-state index contributed by atoms with van der Waals surface area (Å²) >= 11 is 1.40. The van der Waals surface area contributed by atoms with Gasteiger partial charge in [-0.25, -0.2) is 4.98 Å². The highest BCUT2D eigenvalue weighted by Crippen LogP contribution is 2.27. The van der Waals surface area contributed by atoms with Gasteiger partial charge < -0.3 is 5.32 Å². The molecule has 4 nitrogen and oxygen atoms in total. The van der Waals surface area contributed by atoms with Crippen molar-refractivity contribution in [1.82, 2.24) is 14.3 Å². The summed E-state index contributed by atoms with van der Waals surface area (Å²) in [5.41, 5.74) is 3.37. The van der Waals surface area contributed by atoms with Crippen LogP contribution in [0.4, 0.5) is 5.13 Å².